The van der Waals surface area contributed by atoms with E-state index < -0.39 is 0 Å². The molecule has 2 unspecified atom stereocenters. The maximum atomic E-state index is 9.58. The smallest absolute Gasteiger partial charge is 0.131 e. The van der Waals surface area contributed by atoms with Crippen LogP contribution in [0.2, 0.25) is 0 Å². The first-order valence-corrected chi connectivity index (χ1v) is 6.59. The number of benzene rings is 2. The van der Waals surface area contributed by atoms with Crippen LogP contribution in [0.5, 0.6) is 23.0 Å². The highest BCUT2D eigenvalue weighted by Gasteiger charge is 2.37. The third-order valence-electron chi connectivity index (χ3n) is 3.88. The Morgan fingerprint density at radius 1 is 1.00 bits per heavy atom. The Hall–Kier alpha value is -2.36. The zero-order valence-electron chi connectivity index (χ0n) is 11.0. The minimum absolute atomic E-state index is 0.0380. The van der Waals surface area contributed by atoms with E-state index in [9.17, 15) is 5.11 Å². The molecule has 20 heavy (non-hydrogen) atoms. The van der Waals surface area contributed by atoms with Crippen LogP contribution in [0.4, 0.5) is 0 Å². The summed E-state index contributed by atoms with van der Waals surface area (Å²) in [5.74, 6) is 2.49. The lowest BCUT2D eigenvalue weighted by atomic mass is 9.91. The third-order valence-corrected chi connectivity index (χ3v) is 3.88. The van der Waals surface area contributed by atoms with Crippen LogP contribution in [0.3, 0.4) is 0 Å². The van der Waals surface area contributed by atoms with Crippen molar-refractivity contribution in [2.24, 2.45) is 0 Å². The van der Waals surface area contributed by atoms with Gasteiger partial charge in [0.2, 0.25) is 0 Å². The molecule has 2 bridgehead atoms. The molecule has 4 nitrogen and oxygen atoms in total. The molecule has 0 amide bonds. The van der Waals surface area contributed by atoms with Crippen molar-refractivity contribution in [3.05, 3.63) is 47.5 Å². The van der Waals surface area contributed by atoms with Crippen LogP contribution in [-0.2, 0) is 0 Å². The Balaban J connectivity index is 1.80. The van der Waals surface area contributed by atoms with Crippen LogP contribution in [0.15, 0.2) is 36.4 Å². The van der Waals surface area contributed by atoms with Gasteiger partial charge >= 0.3 is 0 Å². The lowest BCUT2D eigenvalue weighted by Crippen LogP contribution is -2.27. The summed E-state index contributed by atoms with van der Waals surface area (Å²) in [6.07, 6.45) is 0.713. The molecule has 2 aliphatic heterocycles. The third kappa shape index (κ3) is 1.61. The number of methoxy groups -OCH3 is 1. The summed E-state index contributed by atoms with van der Waals surface area (Å²) in [5.41, 5.74) is 2.00. The van der Waals surface area contributed by atoms with Gasteiger partial charge in [-0.25, -0.2) is 0 Å². The number of hydrogen-bond donors (Lipinski definition) is 1. The zero-order chi connectivity index (χ0) is 13.7. The molecule has 0 aliphatic carbocycles. The Bertz CT molecular complexity index is 680. The number of phenols is 1. The predicted molar refractivity (Wildman–Crippen MR) is 72.5 cm³/mol. The molecular formula is C16H14O4. The highest BCUT2D eigenvalue weighted by atomic mass is 16.5. The fourth-order valence-electron chi connectivity index (χ4n) is 2.88. The molecule has 0 aromatic heterocycles. The summed E-state index contributed by atoms with van der Waals surface area (Å²) in [6.45, 7) is 0. The molecule has 0 saturated heterocycles. The van der Waals surface area contributed by atoms with E-state index in [-0.39, 0.29) is 18.0 Å². The fourth-order valence-corrected chi connectivity index (χ4v) is 2.88. The molecule has 4 rings (SSSR count). The van der Waals surface area contributed by atoms with Gasteiger partial charge in [0.1, 0.15) is 35.2 Å². The van der Waals surface area contributed by atoms with E-state index in [0.717, 1.165) is 29.0 Å². The maximum absolute atomic E-state index is 9.58. The number of fused-ring (bicyclic) bond motifs is 6. The average Bonchev–Trinajstić information content (AvgIpc) is 2.46. The van der Waals surface area contributed by atoms with Gasteiger partial charge in [0.05, 0.1) is 7.11 Å². The molecule has 0 fully saturated rings. The van der Waals surface area contributed by atoms with Gasteiger partial charge in [0, 0.05) is 29.7 Å². The molecule has 2 heterocycles. The molecule has 2 aliphatic rings. The van der Waals surface area contributed by atoms with E-state index in [0.29, 0.717) is 5.75 Å². The minimum Gasteiger partial charge on any atom is -0.508 e. The molecule has 2 aromatic rings. The van der Waals surface area contributed by atoms with E-state index in [1.807, 2.05) is 24.3 Å². The Morgan fingerprint density at radius 2 is 1.65 bits per heavy atom. The van der Waals surface area contributed by atoms with E-state index in [2.05, 4.69) is 0 Å². The molecule has 0 spiro atoms. The van der Waals surface area contributed by atoms with Crippen molar-refractivity contribution in [1.29, 1.82) is 0 Å². The highest BCUT2D eigenvalue weighted by Crippen LogP contribution is 2.50. The minimum atomic E-state index is -0.0380. The predicted octanol–water partition coefficient (Wildman–Crippen LogP) is 3.36. The van der Waals surface area contributed by atoms with E-state index in [1.54, 1.807) is 19.2 Å². The van der Waals surface area contributed by atoms with Gasteiger partial charge in [0.25, 0.3) is 0 Å². The molecule has 2 atom stereocenters. The van der Waals surface area contributed by atoms with Crippen LogP contribution in [0.1, 0.15) is 29.8 Å². The number of phenolic OH excluding ortho intramolecular Hbond substituents is 1. The maximum Gasteiger partial charge on any atom is 0.131 e. The molecular weight excluding hydrogens is 256 g/mol. The van der Waals surface area contributed by atoms with Gasteiger partial charge in [0.15, 0.2) is 0 Å². The lowest BCUT2D eigenvalue weighted by molar-refractivity contribution is 0.0530. The van der Waals surface area contributed by atoms with E-state index in [1.165, 1.54) is 0 Å². The van der Waals surface area contributed by atoms with Crippen molar-refractivity contribution >= 4 is 0 Å². The van der Waals surface area contributed by atoms with Crippen molar-refractivity contribution in [1.82, 2.24) is 0 Å². The van der Waals surface area contributed by atoms with Crippen LogP contribution >= 0.6 is 0 Å². The second-order valence-electron chi connectivity index (χ2n) is 5.07. The molecule has 0 saturated carbocycles. The summed E-state index contributed by atoms with van der Waals surface area (Å²) < 4.78 is 17.3. The first kappa shape index (κ1) is 11.5. The van der Waals surface area contributed by atoms with Crippen molar-refractivity contribution < 1.29 is 19.3 Å². The standard InChI is InChI=1S/C16H14O4/c1-18-10-3-5-12-14(7-10)20-15-8-16(12)19-13-6-9(17)2-4-11(13)15/h2-7,15-17H,8H2,1H3. The first-order chi connectivity index (χ1) is 9.74. The second-order valence-corrected chi connectivity index (χ2v) is 5.07. The van der Waals surface area contributed by atoms with Gasteiger partial charge in [-0.2, -0.15) is 0 Å². The number of ether oxygens (including phenoxy) is 3. The van der Waals surface area contributed by atoms with Crippen LogP contribution in [-0.4, -0.2) is 12.2 Å². The normalized spacial score (nSPS) is 22.1. The average molecular weight is 270 g/mol. The second kappa shape index (κ2) is 4.07. The van der Waals surface area contributed by atoms with Gasteiger partial charge in [-0.3, -0.25) is 0 Å². The largest absolute Gasteiger partial charge is 0.508 e. The van der Waals surface area contributed by atoms with Crippen LogP contribution in [0, 0.1) is 0 Å². The topological polar surface area (TPSA) is 47.9 Å². The van der Waals surface area contributed by atoms with E-state index >= 15 is 0 Å². The molecule has 1 N–H and O–H groups in total. The Kier molecular flexibility index (Phi) is 2.33. The molecule has 2 aromatic carbocycles. The monoisotopic (exact) mass is 270 g/mol. The highest BCUT2D eigenvalue weighted by molar-refractivity contribution is 5.49. The van der Waals surface area contributed by atoms with Gasteiger partial charge in [-0.15, -0.1) is 0 Å². The van der Waals surface area contributed by atoms with Gasteiger partial charge < -0.3 is 19.3 Å². The van der Waals surface area contributed by atoms with Gasteiger partial charge in [-0.1, -0.05) is 0 Å². The number of aromatic hydroxyl groups is 1. The summed E-state index contributed by atoms with van der Waals surface area (Å²) in [5, 5.41) is 9.58. The zero-order valence-corrected chi connectivity index (χ0v) is 11.0. The van der Waals surface area contributed by atoms with Crippen molar-refractivity contribution in [3.63, 3.8) is 0 Å². The number of rotatable bonds is 1. The SMILES string of the molecule is COc1ccc2c(c1)OC1CC2Oc2cc(O)ccc21. The number of hydrogen-bond acceptors (Lipinski definition) is 4. The first-order valence-electron chi connectivity index (χ1n) is 6.59. The lowest BCUT2D eigenvalue weighted by Gasteiger charge is -2.38. The van der Waals surface area contributed by atoms with Gasteiger partial charge in [-0.05, 0) is 24.3 Å². The summed E-state index contributed by atoms with van der Waals surface area (Å²) in [4.78, 5) is 0. The summed E-state index contributed by atoms with van der Waals surface area (Å²) in [7, 11) is 1.64. The Morgan fingerprint density at radius 3 is 2.35 bits per heavy atom. The quantitative estimate of drug-likeness (QED) is 0.863. The van der Waals surface area contributed by atoms with Crippen molar-refractivity contribution in [3.8, 4) is 23.0 Å². The summed E-state index contributed by atoms with van der Waals surface area (Å²) >= 11 is 0. The van der Waals surface area contributed by atoms with Crippen molar-refractivity contribution in [2.45, 2.75) is 18.6 Å². The van der Waals surface area contributed by atoms with Crippen LogP contribution < -0.4 is 14.2 Å². The molecule has 4 heteroatoms. The molecule has 0 radical (unpaired) electrons. The summed E-state index contributed by atoms with van der Waals surface area (Å²) in [6, 6.07) is 10.9. The molecule has 102 valence electrons. The van der Waals surface area contributed by atoms with Crippen LogP contribution in [0.25, 0.3) is 0 Å². The van der Waals surface area contributed by atoms with Crippen molar-refractivity contribution in [2.75, 3.05) is 7.11 Å². The fraction of sp³-hybridized carbons (Fsp3) is 0.250. The Labute approximate surface area is 116 Å². The van der Waals surface area contributed by atoms with E-state index in [4.69, 9.17) is 14.2 Å².